The van der Waals surface area contributed by atoms with Crippen molar-refractivity contribution >= 4 is 50.3 Å². The number of carboxylic acid groups (broad SMARTS) is 1. The predicted molar refractivity (Wildman–Crippen MR) is 95.2 cm³/mol. The van der Waals surface area contributed by atoms with Gasteiger partial charge < -0.3 is 9.84 Å². The van der Waals surface area contributed by atoms with Crippen LogP contribution in [0.1, 0.15) is 31.2 Å². The maximum atomic E-state index is 11.7. The van der Waals surface area contributed by atoms with Gasteiger partial charge in [-0.3, -0.25) is 9.79 Å². The van der Waals surface area contributed by atoms with Crippen LogP contribution in [0, 0.1) is 0 Å². The number of carbonyl (C=O) groups excluding carboxylic acids is 1. The molecule has 0 fully saturated rings. The molecule has 2 aromatic rings. The van der Waals surface area contributed by atoms with Gasteiger partial charge in [0.25, 0.3) is 0 Å². The number of hydrogen-bond acceptors (Lipinski definition) is 7. The van der Waals surface area contributed by atoms with Crippen molar-refractivity contribution in [2.24, 2.45) is 4.99 Å². The van der Waals surface area contributed by atoms with E-state index in [-0.39, 0.29) is 5.97 Å². The highest BCUT2D eigenvalue weighted by atomic mass is 32.2. The van der Waals surface area contributed by atoms with Crippen LogP contribution in [0.3, 0.4) is 0 Å². The van der Waals surface area contributed by atoms with Gasteiger partial charge in [-0.05, 0) is 18.6 Å². The largest absolute Gasteiger partial charge is 0.480 e. The van der Waals surface area contributed by atoms with E-state index < -0.39 is 12.0 Å². The van der Waals surface area contributed by atoms with Gasteiger partial charge >= 0.3 is 11.9 Å². The summed E-state index contributed by atoms with van der Waals surface area (Å²) in [5, 5.41) is 10.4. The van der Waals surface area contributed by atoms with Crippen LogP contribution in [0.2, 0.25) is 0 Å². The second kappa shape index (κ2) is 7.31. The molecule has 126 valence electrons. The Kier molecular flexibility index (Phi) is 5.15. The number of esters is 1. The van der Waals surface area contributed by atoms with E-state index in [1.807, 2.05) is 6.92 Å². The number of aliphatic carboxylic acids is 1. The Bertz CT molecular complexity index is 816. The first-order valence-electron chi connectivity index (χ1n) is 7.62. The summed E-state index contributed by atoms with van der Waals surface area (Å²) >= 11 is 2.82. The van der Waals surface area contributed by atoms with Gasteiger partial charge in [0, 0.05) is 18.2 Å². The third kappa shape index (κ3) is 3.76. The topological polar surface area (TPSA) is 88.9 Å². The molecule has 0 amide bonds. The van der Waals surface area contributed by atoms with Gasteiger partial charge in [-0.2, -0.15) is 0 Å². The molecule has 24 heavy (non-hydrogen) atoms. The second-order valence-electron chi connectivity index (χ2n) is 5.33. The van der Waals surface area contributed by atoms with Crippen molar-refractivity contribution in [1.82, 2.24) is 4.98 Å². The van der Waals surface area contributed by atoms with Crippen LogP contribution >= 0.6 is 23.1 Å². The molecule has 1 aliphatic rings. The number of thiazole rings is 1. The number of carbonyl (C=O) groups is 2. The highest BCUT2D eigenvalue weighted by Gasteiger charge is 2.26. The number of nitrogens with zero attached hydrogens (tertiary/aromatic N) is 2. The monoisotopic (exact) mass is 364 g/mol. The number of rotatable bonds is 6. The normalized spacial score (nSPS) is 17.0. The molecule has 0 saturated carbocycles. The number of carboxylic acids is 1. The van der Waals surface area contributed by atoms with Crippen molar-refractivity contribution in [2.75, 3.05) is 5.75 Å². The summed E-state index contributed by atoms with van der Waals surface area (Å²) in [4.78, 5) is 31.4. The van der Waals surface area contributed by atoms with E-state index in [9.17, 15) is 9.59 Å². The van der Waals surface area contributed by atoms with Gasteiger partial charge in [0.2, 0.25) is 0 Å². The first kappa shape index (κ1) is 16.9. The Morgan fingerprint density at radius 3 is 2.96 bits per heavy atom. The van der Waals surface area contributed by atoms with Crippen LogP contribution < -0.4 is 4.74 Å². The van der Waals surface area contributed by atoms with Crippen molar-refractivity contribution in [1.29, 1.82) is 0 Å². The van der Waals surface area contributed by atoms with Crippen molar-refractivity contribution in [3.63, 3.8) is 0 Å². The van der Waals surface area contributed by atoms with Gasteiger partial charge in [-0.15, -0.1) is 23.1 Å². The highest BCUT2D eigenvalue weighted by molar-refractivity contribution is 8.15. The first-order valence-corrected chi connectivity index (χ1v) is 9.42. The molecule has 1 aliphatic heterocycles. The number of aliphatic imine (C=N–C) groups is 1. The van der Waals surface area contributed by atoms with E-state index >= 15 is 0 Å². The van der Waals surface area contributed by atoms with Crippen molar-refractivity contribution in [3.05, 3.63) is 23.2 Å². The van der Waals surface area contributed by atoms with Crippen LogP contribution in [0.5, 0.6) is 5.75 Å². The zero-order chi connectivity index (χ0) is 17.1. The number of benzene rings is 1. The summed E-state index contributed by atoms with van der Waals surface area (Å²) < 4.78 is 6.22. The van der Waals surface area contributed by atoms with E-state index in [1.54, 1.807) is 18.2 Å². The zero-order valence-electron chi connectivity index (χ0n) is 13.0. The minimum atomic E-state index is -0.917. The summed E-state index contributed by atoms with van der Waals surface area (Å²) in [6.45, 7) is 2.02. The minimum Gasteiger partial charge on any atom is -0.480 e. The van der Waals surface area contributed by atoms with Crippen molar-refractivity contribution in [2.45, 2.75) is 32.2 Å². The van der Waals surface area contributed by atoms with Gasteiger partial charge in [-0.1, -0.05) is 13.3 Å². The maximum absolute atomic E-state index is 11.7. The Labute approximate surface area is 147 Å². The third-order valence-electron chi connectivity index (χ3n) is 3.45. The van der Waals surface area contributed by atoms with Gasteiger partial charge in [0.05, 0.1) is 10.2 Å². The number of fused-ring (bicyclic) bond motifs is 1. The smallest absolute Gasteiger partial charge is 0.329 e. The van der Waals surface area contributed by atoms with Gasteiger partial charge in [0.15, 0.2) is 6.04 Å². The number of thioether (sulfide) groups is 1. The molecule has 3 rings (SSSR count). The molecule has 1 aromatic heterocycles. The summed E-state index contributed by atoms with van der Waals surface area (Å²) in [6, 6.07) is 4.60. The fourth-order valence-corrected chi connectivity index (χ4v) is 4.27. The van der Waals surface area contributed by atoms with Crippen LogP contribution in [0.4, 0.5) is 0 Å². The molecule has 0 saturated heterocycles. The number of aromatic nitrogens is 1. The van der Waals surface area contributed by atoms with Crippen LogP contribution in [-0.2, 0) is 9.59 Å². The van der Waals surface area contributed by atoms with E-state index in [0.29, 0.717) is 28.0 Å². The summed E-state index contributed by atoms with van der Waals surface area (Å²) in [5.74, 6) is -0.218. The van der Waals surface area contributed by atoms with E-state index in [1.165, 1.54) is 23.1 Å². The molecule has 1 N–H and O–H groups in total. The lowest BCUT2D eigenvalue weighted by Gasteiger charge is -2.03. The lowest BCUT2D eigenvalue weighted by molar-refractivity contribution is -0.138. The second-order valence-corrected chi connectivity index (χ2v) is 7.36. The van der Waals surface area contributed by atoms with Gasteiger partial charge in [0.1, 0.15) is 15.8 Å². The van der Waals surface area contributed by atoms with Crippen molar-refractivity contribution in [3.8, 4) is 5.75 Å². The van der Waals surface area contributed by atoms with E-state index in [2.05, 4.69) is 9.98 Å². The molecule has 1 aromatic carbocycles. The average Bonchev–Trinajstić information content (AvgIpc) is 3.18. The Morgan fingerprint density at radius 1 is 1.42 bits per heavy atom. The molecule has 0 radical (unpaired) electrons. The minimum absolute atomic E-state index is 0.235. The molecule has 0 bridgehead atoms. The summed E-state index contributed by atoms with van der Waals surface area (Å²) in [7, 11) is 0. The van der Waals surface area contributed by atoms with E-state index in [0.717, 1.165) is 23.1 Å². The average molecular weight is 364 g/mol. The first-order chi connectivity index (χ1) is 11.6. The Morgan fingerprint density at radius 2 is 2.25 bits per heavy atom. The van der Waals surface area contributed by atoms with Crippen LogP contribution in [0.25, 0.3) is 10.2 Å². The third-order valence-corrected chi connectivity index (χ3v) is 5.65. The summed E-state index contributed by atoms with van der Waals surface area (Å²) in [6.07, 6.45) is 2.17. The zero-order valence-corrected chi connectivity index (χ0v) is 14.7. The lowest BCUT2D eigenvalue weighted by Crippen LogP contribution is -2.17. The maximum Gasteiger partial charge on any atom is 0.329 e. The van der Waals surface area contributed by atoms with E-state index in [4.69, 9.17) is 9.84 Å². The molecule has 0 unspecified atom stereocenters. The molecule has 0 aliphatic carbocycles. The van der Waals surface area contributed by atoms with Gasteiger partial charge in [-0.25, -0.2) is 9.78 Å². The number of ether oxygens (including phenoxy) is 1. The summed E-state index contributed by atoms with van der Waals surface area (Å²) in [5.41, 5.74) is 0.783. The molecule has 2 heterocycles. The highest BCUT2D eigenvalue weighted by Crippen LogP contribution is 2.31. The SMILES string of the molecule is CCCCC(=O)Oc1ccc2nc(C3=N[C@@H](C(=O)O)CS3)sc2c1. The fourth-order valence-electron chi connectivity index (χ4n) is 2.18. The standard InChI is InChI=1S/C16H16N2O4S2/c1-2-3-4-13(19)22-9-5-6-10-12(7-9)24-15(17-10)14-18-11(8-23-14)16(20)21/h5-7,11H,2-4,8H2,1H3,(H,20,21)/t11-/m1/s1. The molecule has 8 heteroatoms. The van der Waals surface area contributed by atoms with Crippen LogP contribution in [0.15, 0.2) is 23.2 Å². The molecule has 1 atom stereocenters. The molecule has 0 spiro atoms. The van der Waals surface area contributed by atoms with Crippen molar-refractivity contribution < 1.29 is 19.4 Å². The molecule has 6 nitrogen and oxygen atoms in total. The molecular formula is C16H16N2O4S2. The fraction of sp³-hybridized carbons (Fsp3) is 0.375. The molecular weight excluding hydrogens is 348 g/mol. The number of hydrogen-bond donors (Lipinski definition) is 1. The lowest BCUT2D eigenvalue weighted by atomic mass is 10.2. The Hall–Kier alpha value is -1.93. The quantitative estimate of drug-likeness (QED) is 0.625. The Balaban J connectivity index is 1.78. The number of unbranched alkanes of at least 4 members (excludes halogenated alkanes) is 1. The van der Waals surface area contributed by atoms with Crippen LogP contribution in [-0.4, -0.2) is 38.9 Å². The predicted octanol–water partition coefficient (Wildman–Crippen LogP) is 3.34.